The van der Waals surface area contributed by atoms with Gasteiger partial charge in [0.1, 0.15) is 6.04 Å². The zero-order valence-corrected chi connectivity index (χ0v) is 9.00. The Kier molecular flexibility index (Phi) is 5.10. The number of nitrogens with one attached hydrogen (secondary N) is 2. The SMILES string of the molecule is NNC(=O)C(CCl)NCc1ccccc1. The van der Waals surface area contributed by atoms with E-state index in [0.717, 1.165) is 5.56 Å². The first kappa shape index (κ1) is 12.0. The summed E-state index contributed by atoms with van der Waals surface area (Å²) in [6.45, 7) is 0.589. The van der Waals surface area contributed by atoms with E-state index in [0.29, 0.717) is 6.54 Å². The molecular weight excluding hydrogens is 214 g/mol. The number of nitrogens with two attached hydrogens (primary N) is 1. The fourth-order valence-corrected chi connectivity index (χ4v) is 1.40. The lowest BCUT2D eigenvalue weighted by Crippen LogP contribution is -2.47. The van der Waals surface area contributed by atoms with E-state index in [2.05, 4.69) is 10.7 Å². The van der Waals surface area contributed by atoms with Crippen molar-refractivity contribution < 1.29 is 4.79 Å². The Balaban J connectivity index is 2.44. The molecule has 82 valence electrons. The van der Waals surface area contributed by atoms with Crippen LogP contribution in [-0.4, -0.2) is 17.8 Å². The lowest BCUT2D eigenvalue weighted by Gasteiger charge is -2.13. The number of rotatable bonds is 5. The van der Waals surface area contributed by atoms with Crippen molar-refractivity contribution in [3.63, 3.8) is 0 Å². The Labute approximate surface area is 93.8 Å². The normalized spacial score (nSPS) is 12.1. The molecule has 0 saturated carbocycles. The quantitative estimate of drug-likeness (QED) is 0.295. The van der Waals surface area contributed by atoms with Gasteiger partial charge in [0.05, 0.1) is 0 Å². The summed E-state index contributed by atoms with van der Waals surface area (Å²) in [5.74, 6) is 4.90. The highest BCUT2D eigenvalue weighted by Crippen LogP contribution is 1.99. The van der Waals surface area contributed by atoms with Crippen LogP contribution in [0.3, 0.4) is 0 Å². The van der Waals surface area contributed by atoms with Crippen molar-refractivity contribution in [3.05, 3.63) is 35.9 Å². The van der Waals surface area contributed by atoms with Gasteiger partial charge >= 0.3 is 0 Å². The van der Waals surface area contributed by atoms with Crippen LogP contribution in [0.5, 0.6) is 0 Å². The average Bonchev–Trinajstić information content (AvgIpc) is 2.31. The number of hydrazine groups is 1. The van der Waals surface area contributed by atoms with Crippen molar-refractivity contribution in [2.45, 2.75) is 12.6 Å². The van der Waals surface area contributed by atoms with E-state index in [1.54, 1.807) is 0 Å². The fraction of sp³-hybridized carbons (Fsp3) is 0.300. The Morgan fingerprint density at radius 1 is 1.40 bits per heavy atom. The zero-order valence-electron chi connectivity index (χ0n) is 8.24. The number of halogens is 1. The molecule has 1 atom stereocenters. The minimum Gasteiger partial charge on any atom is -0.301 e. The van der Waals surface area contributed by atoms with Crippen molar-refractivity contribution in [1.82, 2.24) is 10.7 Å². The van der Waals surface area contributed by atoms with Crippen LogP contribution in [0.2, 0.25) is 0 Å². The van der Waals surface area contributed by atoms with Gasteiger partial charge in [0.15, 0.2) is 0 Å². The molecule has 4 N–H and O–H groups in total. The van der Waals surface area contributed by atoms with Crippen LogP contribution in [0.25, 0.3) is 0 Å². The number of alkyl halides is 1. The molecule has 4 nitrogen and oxygen atoms in total. The molecular formula is C10H14ClN3O. The van der Waals surface area contributed by atoms with Gasteiger partial charge in [-0.15, -0.1) is 11.6 Å². The maximum absolute atomic E-state index is 11.2. The first-order valence-corrected chi connectivity index (χ1v) is 5.15. The first-order chi connectivity index (χ1) is 7.27. The molecule has 1 rings (SSSR count). The van der Waals surface area contributed by atoms with Crippen LogP contribution in [0.4, 0.5) is 0 Å². The minimum absolute atomic E-state index is 0.190. The molecule has 0 aliphatic carbocycles. The van der Waals surface area contributed by atoms with Crippen LogP contribution in [-0.2, 0) is 11.3 Å². The summed E-state index contributed by atoms with van der Waals surface area (Å²) in [5, 5.41) is 3.01. The number of hydrogen-bond donors (Lipinski definition) is 3. The summed E-state index contributed by atoms with van der Waals surface area (Å²) in [7, 11) is 0. The second-order valence-corrected chi connectivity index (χ2v) is 3.39. The second-order valence-electron chi connectivity index (χ2n) is 3.08. The largest absolute Gasteiger partial charge is 0.301 e. The molecule has 1 unspecified atom stereocenters. The molecule has 0 aromatic heterocycles. The van der Waals surface area contributed by atoms with Gasteiger partial charge in [0, 0.05) is 12.4 Å². The van der Waals surface area contributed by atoms with Crippen molar-refractivity contribution >= 4 is 17.5 Å². The van der Waals surface area contributed by atoms with Crippen molar-refractivity contribution in [3.8, 4) is 0 Å². The molecule has 5 heteroatoms. The molecule has 0 heterocycles. The van der Waals surface area contributed by atoms with Gasteiger partial charge < -0.3 is 5.32 Å². The number of carbonyl (C=O) groups excluding carboxylic acids is 1. The summed E-state index contributed by atoms with van der Waals surface area (Å²) in [6, 6.07) is 9.30. The van der Waals surface area contributed by atoms with Crippen molar-refractivity contribution in [2.75, 3.05) is 5.88 Å². The molecule has 0 saturated heterocycles. The maximum atomic E-state index is 11.2. The van der Waals surface area contributed by atoms with Gasteiger partial charge in [0.25, 0.3) is 5.91 Å². The van der Waals surface area contributed by atoms with Crippen LogP contribution in [0, 0.1) is 0 Å². The van der Waals surface area contributed by atoms with Gasteiger partial charge in [-0.2, -0.15) is 0 Å². The summed E-state index contributed by atoms with van der Waals surface area (Å²) in [5.41, 5.74) is 3.16. The Bertz CT molecular complexity index is 305. The molecule has 0 radical (unpaired) electrons. The van der Waals surface area contributed by atoms with Crippen LogP contribution >= 0.6 is 11.6 Å². The highest BCUT2D eigenvalue weighted by atomic mass is 35.5. The van der Waals surface area contributed by atoms with E-state index in [-0.39, 0.29) is 11.8 Å². The van der Waals surface area contributed by atoms with E-state index >= 15 is 0 Å². The standard InChI is InChI=1S/C10H14ClN3O/c11-6-9(10(15)14-12)13-7-8-4-2-1-3-5-8/h1-5,9,13H,6-7,12H2,(H,14,15). The van der Waals surface area contributed by atoms with Gasteiger partial charge in [-0.3, -0.25) is 10.2 Å². The first-order valence-electron chi connectivity index (χ1n) is 4.61. The third-order valence-corrected chi connectivity index (χ3v) is 2.32. The molecule has 0 aliphatic rings. The van der Waals surface area contributed by atoms with E-state index in [4.69, 9.17) is 17.4 Å². The number of amides is 1. The highest BCUT2D eigenvalue weighted by molar-refractivity contribution is 6.19. The summed E-state index contributed by atoms with van der Waals surface area (Å²) in [6.07, 6.45) is 0. The van der Waals surface area contributed by atoms with Crippen molar-refractivity contribution in [2.24, 2.45) is 5.84 Å². The van der Waals surface area contributed by atoms with Gasteiger partial charge in [0.2, 0.25) is 0 Å². The molecule has 15 heavy (non-hydrogen) atoms. The Hall–Kier alpha value is -1.10. The second kappa shape index (κ2) is 6.40. The van der Waals surface area contributed by atoms with E-state index in [1.807, 2.05) is 30.3 Å². The fourth-order valence-electron chi connectivity index (χ4n) is 1.15. The smallest absolute Gasteiger partial charge is 0.252 e. The topological polar surface area (TPSA) is 67.1 Å². The van der Waals surface area contributed by atoms with E-state index in [9.17, 15) is 4.79 Å². The Morgan fingerprint density at radius 3 is 2.60 bits per heavy atom. The van der Waals surface area contributed by atoms with Gasteiger partial charge in [-0.05, 0) is 5.56 Å². The lowest BCUT2D eigenvalue weighted by atomic mass is 10.2. The number of carbonyl (C=O) groups is 1. The lowest BCUT2D eigenvalue weighted by molar-refractivity contribution is -0.122. The highest BCUT2D eigenvalue weighted by Gasteiger charge is 2.14. The third-order valence-electron chi connectivity index (χ3n) is 2.01. The third kappa shape index (κ3) is 3.87. The zero-order chi connectivity index (χ0) is 11.1. The molecule has 0 fully saturated rings. The number of hydrogen-bond acceptors (Lipinski definition) is 3. The van der Waals surface area contributed by atoms with Crippen LogP contribution in [0.1, 0.15) is 5.56 Å². The van der Waals surface area contributed by atoms with Gasteiger partial charge in [-0.1, -0.05) is 30.3 Å². The van der Waals surface area contributed by atoms with Crippen LogP contribution < -0.4 is 16.6 Å². The molecule has 0 bridgehead atoms. The summed E-state index contributed by atoms with van der Waals surface area (Å²) in [4.78, 5) is 11.2. The molecule has 0 aliphatic heterocycles. The Morgan fingerprint density at radius 2 is 2.07 bits per heavy atom. The van der Waals surface area contributed by atoms with Gasteiger partial charge in [-0.25, -0.2) is 5.84 Å². The molecule has 0 spiro atoms. The predicted molar refractivity (Wildman–Crippen MR) is 60.1 cm³/mol. The van der Waals surface area contributed by atoms with E-state index < -0.39 is 6.04 Å². The molecule has 1 aromatic carbocycles. The minimum atomic E-state index is -0.461. The maximum Gasteiger partial charge on any atom is 0.252 e. The molecule has 1 amide bonds. The summed E-state index contributed by atoms with van der Waals surface area (Å²) < 4.78 is 0. The summed E-state index contributed by atoms with van der Waals surface area (Å²) >= 11 is 5.63. The van der Waals surface area contributed by atoms with Crippen LogP contribution in [0.15, 0.2) is 30.3 Å². The molecule has 1 aromatic rings. The number of benzene rings is 1. The predicted octanol–water partition coefficient (Wildman–Crippen LogP) is 0.374. The average molecular weight is 228 g/mol. The monoisotopic (exact) mass is 227 g/mol. The van der Waals surface area contributed by atoms with E-state index in [1.165, 1.54) is 0 Å². The van der Waals surface area contributed by atoms with Crippen molar-refractivity contribution in [1.29, 1.82) is 0 Å².